The lowest BCUT2D eigenvalue weighted by Crippen LogP contribution is -2.45. The molecule has 0 amide bonds. The Balaban J connectivity index is 1.37. The number of pyridine rings is 1. The summed E-state index contributed by atoms with van der Waals surface area (Å²) in [5, 5.41) is 2.07. The lowest BCUT2D eigenvalue weighted by molar-refractivity contribution is -0.157. The molecule has 240 valence electrons. The van der Waals surface area contributed by atoms with Crippen LogP contribution in [0.1, 0.15) is 44.2 Å². The first-order chi connectivity index (χ1) is 22.7. The molecule has 2 aromatic carbocycles. The van der Waals surface area contributed by atoms with Gasteiger partial charge in [0.25, 0.3) is 10.0 Å². The smallest absolute Gasteiger partial charge is 0.311 e. The Morgan fingerprint density at radius 3 is 2.45 bits per heavy atom. The molecule has 4 aromatic heterocycles. The van der Waals surface area contributed by atoms with Crippen LogP contribution in [-0.2, 0) is 19.6 Å². The molecule has 9 nitrogen and oxygen atoms in total. The molecule has 9 rings (SSSR count). The van der Waals surface area contributed by atoms with Crippen LogP contribution in [-0.4, -0.2) is 44.5 Å². The Morgan fingerprint density at radius 1 is 0.957 bits per heavy atom. The number of ether oxygens (including phenoxy) is 1. The molecule has 0 radical (unpaired) electrons. The van der Waals surface area contributed by atoms with E-state index in [0.717, 1.165) is 40.7 Å². The zero-order valence-corrected chi connectivity index (χ0v) is 27.3. The fraction of sp³-hybridized carbons (Fsp3) is 0.314. The van der Waals surface area contributed by atoms with Gasteiger partial charge in [-0.1, -0.05) is 29.3 Å². The molecule has 0 unspecified atom stereocenters. The number of esters is 1. The topological polar surface area (TPSA) is 109 Å². The molecule has 0 aliphatic heterocycles. The summed E-state index contributed by atoms with van der Waals surface area (Å²) in [6.07, 6.45) is 8.38. The van der Waals surface area contributed by atoms with Crippen LogP contribution in [0.3, 0.4) is 0 Å². The van der Waals surface area contributed by atoms with Crippen molar-refractivity contribution < 1.29 is 22.3 Å². The van der Waals surface area contributed by atoms with Gasteiger partial charge in [-0.2, -0.15) is 0 Å². The Hall–Kier alpha value is -4.35. The average Bonchev–Trinajstić information content (AvgIpc) is 3.60. The van der Waals surface area contributed by atoms with Gasteiger partial charge in [0.15, 0.2) is 11.5 Å². The summed E-state index contributed by atoms with van der Waals surface area (Å²) < 4.78 is 51.3. The van der Waals surface area contributed by atoms with Crippen LogP contribution in [0, 0.1) is 30.5 Å². The van der Waals surface area contributed by atoms with Crippen LogP contribution in [0.25, 0.3) is 44.4 Å². The lowest BCUT2D eigenvalue weighted by atomic mass is 9.61. The van der Waals surface area contributed by atoms with Crippen LogP contribution in [0.4, 0.5) is 4.39 Å². The normalized spacial score (nSPS) is 21.2. The van der Waals surface area contributed by atoms with E-state index in [4.69, 9.17) is 21.3 Å². The molecular weight excluding hydrogens is 641 g/mol. The van der Waals surface area contributed by atoms with Crippen LogP contribution in [0.5, 0.6) is 0 Å². The summed E-state index contributed by atoms with van der Waals surface area (Å²) in [6, 6.07) is 12.6. The lowest BCUT2D eigenvalue weighted by Gasteiger charge is -2.48. The maximum Gasteiger partial charge on any atom is 0.311 e. The Morgan fingerprint density at radius 2 is 1.70 bits per heavy atom. The van der Waals surface area contributed by atoms with E-state index in [2.05, 4.69) is 14.5 Å². The second kappa shape index (κ2) is 11.1. The Kier molecular flexibility index (Phi) is 7.10. The molecule has 3 aliphatic carbocycles. The second-order valence-electron chi connectivity index (χ2n) is 12.6. The molecule has 12 heteroatoms. The van der Waals surface area contributed by atoms with Gasteiger partial charge in [-0.05, 0) is 87.8 Å². The zero-order valence-electron chi connectivity index (χ0n) is 25.7. The number of hydrogen-bond donors (Lipinski definition) is 0. The van der Waals surface area contributed by atoms with Crippen LogP contribution in [0.15, 0.2) is 72.0 Å². The number of hydrogen-bond acceptors (Lipinski definition) is 7. The summed E-state index contributed by atoms with van der Waals surface area (Å²) in [5.41, 5.74) is 2.83. The van der Waals surface area contributed by atoms with Crippen molar-refractivity contribution in [2.45, 2.75) is 50.5 Å². The highest BCUT2D eigenvalue weighted by molar-refractivity contribution is 7.90. The standard InChI is InChI=1S/C35H31ClFN5O4S/c1-3-46-35(43)30-20-6-8-21(9-7-20)31(30)42-29-13-10-23(37)15-25(29)27-17-38-32(40-34(27)42)28-18-41(33-26(28)14-22(36)16-39-33)47(44,45)24-11-4-19(2)5-12-24/h4-5,10-18,20-21,30-31H,3,6-9H2,1-2H3/t20?,21?,30-,31-/m0/s1. The minimum absolute atomic E-state index is 0.110. The highest BCUT2D eigenvalue weighted by Crippen LogP contribution is 2.53. The Bertz CT molecular complexity index is 2330. The number of nitrogens with zero attached hydrogens (tertiary/aromatic N) is 5. The number of aryl methyl sites for hydroxylation is 1. The van der Waals surface area contributed by atoms with Gasteiger partial charge >= 0.3 is 5.97 Å². The predicted molar refractivity (Wildman–Crippen MR) is 177 cm³/mol. The van der Waals surface area contributed by atoms with Crippen molar-refractivity contribution >= 4 is 60.6 Å². The third-order valence-electron chi connectivity index (χ3n) is 9.93. The van der Waals surface area contributed by atoms with Gasteiger partial charge in [0.1, 0.15) is 11.5 Å². The number of halogens is 2. The molecule has 2 bridgehead atoms. The van der Waals surface area contributed by atoms with Crippen molar-refractivity contribution in [3.8, 4) is 11.4 Å². The SMILES string of the molecule is CCOC(=O)[C@H]1C2CCC(CC2)[C@@H]1n1c2ccc(F)cc2c2cnc(-c3cn(S(=O)(=O)c4ccc(C)cc4)c4ncc(Cl)cc34)nc21. The molecule has 3 fully saturated rings. The quantitative estimate of drug-likeness (QED) is 0.169. The molecule has 0 N–H and O–H groups in total. The van der Waals surface area contributed by atoms with Gasteiger partial charge in [0, 0.05) is 40.3 Å². The molecule has 6 aromatic rings. The summed E-state index contributed by atoms with van der Waals surface area (Å²) in [5.74, 6) is -0.337. The van der Waals surface area contributed by atoms with Crippen molar-refractivity contribution in [3.05, 3.63) is 83.5 Å². The summed E-state index contributed by atoms with van der Waals surface area (Å²) >= 11 is 6.39. The van der Waals surface area contributed by atoms with E-state index < -0.39 is 15.8 Å². The maximum absolute atomic E-state index is 14.7. The van der Waals surface area contributed by atoms with Crippen molar-refractivity contribution in [1.29, 1.82) is 0 Å². The third kappa shape index (κ3) is 4.73. The maximum atomic E-state index is 14.7. The first kappa shape index (κ1) is 30.0. The van der Waals surface area contributed by atoms with Gasteiger partial charge in [0.2, 0.25) is 0 Å². The van der Waals surface area contributed by atoms with Crippen LogP contribution < -0.4 is 0 Å². The fourth-order valence-electron chi connectivity index (χ4n) is 7.82. The third-order valence-corrected chi connectivity index (χ3v) is 11.8. The average molecular weight is 672 g/mol. The minimum atomic E-state index is -4.05. The second-order valence-corrected chi connectivity index (χ2v) is 14.8. The fourth-order valence-corrected chi connectivity index (χ4v) is 9.31. The molecule has 2 atom stereocenters. The number of benzene rings is 2. The number of carbonyl (C=O) groups excluding carboxylic acids is 1. The molecular formula is C35H31ClFN5O4S. The first-order valence-corrected chi connectivity index (χ1v) is 17.6. The summed E-state index contributed by atoms with van der Waals surface area (Å²) in [6.45, 7) is 3.99. The minimum Gasteiger partial charge on any atom is -0.466 e. The summed E-state index contributed by atoms with van der Waals surface area (Å²) in [7, 11) is -4.05. The number of fused-ring (bicyclic) bond motifs is 7. The van der Waals surface area contributed by atoms with Gasteiger partial charge in [0.05, 0.1) is 34.0 Å². The highest BCUT2D eigenvalue weighted by atomic mass is 35.5. The molecule has 0 saturated heterocycles. The molecule has 3 aliphatic rings. The number of aromatic nitrogens is 5. The van der Waals surface area contributed by atoms with Gasteiger partial charge in [-0.15, -0.1) is 0 Å². The van der Waals surface area contributed by atoms with E-state index in [1.54, 1.807) is 42.6 Å². The van der Waals surface area contributed by atoms with E-state index in [1.807, 2.05) is 13.8 Å². The Labute approximate surface area is 275 Å². The number of rotatable bonds is 6. The van der Waals surface area contributed by atoms with Crippen molar-refractivity contribution in [3.63, 3.8) is 0 Å². The predicted octanol–water partition coefficient (Wildman–Crippen LogP) is 7.48. The number of carbonyl (C=O) groups is 1. The highest BCUT2D eigenvalue weighted by Gasteiger charge is 2.49. The van der Waals surface area contributed by atoms with Gasteiger partial charge < -0.3 is 9.30 Å². The first-order valence-electron chi connectivity index (χ1n) is 15.8. The largest absolute Gasteiger partial charge is 0.466 e. The van der Waals surface area contributed by atoms with E-state index in [0.29, 0.717) is 32.4 Å². The van der Waals surface area contributed by atoms with Crippen molar-refractivity contribution in [2.75, 3.05) is 6.61 Å². The van der Waals surface area contributed by atoms with Gasteiger partial charge in [-0.3, -0.25) is 4.79 Å². The zero-order chi connectivity index (χ0) is 32.6. The molecule has 3 saturated carbocycles. The van der Waals surface area contributed by atoms with Crippen molar-refractivity contribution in [1.82, 2.24) is 23.5 Å². The van der Waals surface area contributed by atoms with E-state index in [1.165, 1.54) is 24.5 Å². The monoisotopic (exact) mass is 671 g/mol. The van der Waals surface area contributed by atoms with E-state index >= 15 is 0 Å². The van der Waals surface area contributed by atoms with Gasteiger partial charge in [-0.25, -0.2) is 31.7 Å². The van der Waals surface area contributed by atoms with Crippen LogP contribution in [0.2, 0.25) is 5.02 Å². The van der Waals surface area contributed by atoms with E-state index in [9.17, 15) is 17.6 Å². The van der Waals surface area contributed by atoms with Crippen molar-refractivity contribution in [2.24, 2.45) is 17.8 Å². The van der Waals surface area contributed by atoms with Crippen LogP contribution >= 0.6 is 11.6 Å². The van der Waals surface area contributed by atoms with E-state index in [-0.39, 0.29) is 52.7 Å². The molecule has 47 heavy (non-hydrogen) atoms. The molecule has 0 spiro atoms. The molecule has 4 heterocycles. The summed E-state index contributed by atoms with van der Waals surface area (Å²) in [4.78, 5) is 27.8.